The number of carboxylic acids is 1. The molecule has 0 aliphatic carbocycles. The first kappa shape index (κ1) is 29.5. The predicted molar refractivity (Wildman–Crippen MR) is 125 cm³/mol. The fraction of sp³-hybridized carbons (Fsp3) is 0.737. The Balaban J connectivity index is 4.89. The van der Waals surface area contributed by atoms with Crippen LogP contribution in [0.2, 0.25) is 0 Å². The minimum Gasteiger partial charge on any atom is -0.480 e. The third kappa shape index (κ3) is 12.3. The van der Waals surface area contributed by atoms with Crippen LogP contribution >= 0.6 is 11.8 Å². The van der Waals surface area contributed by atoms with E-state index in [4.69, 9.17) is 17.2 Å². The van der Waals surface area contributed by atoms with Gasteiger partial charge in [0.2, 0.25) is 17.7 Å². The summed E-state index contributed by atoms with van der Waals surface area (Å²) >= 11 is 1.47. The summed E-state index contributed by atoms with van der Waals surface area (Å²) in [7, 11) is 0. The molecule has 10 N–H and O–H groups in total. The summed E-state index contributed by atoms with van der Waals surface area (Å²) in [5.74, 6) is -2.43. The van der Waals surface area contributed by atoms with Gasteiger partial charge < -0.3 is 38.3 Å². The first-order chi connectivity index (χ1) is 15.0. The number of carbonyl (C=O) groups is 4. The molecule has 0 aliphatic rings. The molecule has 4 atom stereocenters. The predicted octanol–water partition coefficient (Wildman–Crippen LogP) is -1.66. The van der Waals surface area contributed by atoms with Gasteiger partial charge >= 0.3 is 5.97 Å². The monoisotopic (exact) mass is 475 g/mol. The third-order valence-corrected chi connectivity index (χ3v) is 5.45. The number of carbonyl (C=O) groups excluding carboxylic acids is 3. The van der Waals surface area contributed by atoms with E-state index in [-0.39, 0.29) is 31.4 Å². The fourth-order valence-corrected chi connectivity index (χ4v) is 3.05. The first-order valence-corrected chi connectivity index (χ1v) is 11.8. The van der Waals surface area contributed by atoms with Crippen LogP contribution in [0.4, 0.5) is 0 Å². The van der Waals surface area contributed by atoms with E-state index < -0.39 is 41.8 Å². The number of aliphatic imine (C=N–C) groups is 1. The Labute approximate surface area is 192 Å². The summed E-state index contributed by atoms with van der Waals surface area (Å²) in [5.41, 5.74) is 16.3. The van der Waals surface area contributed by atoms with Crippen LogP contribution in [-0.2, 0) is 19.2 Å². The normalized spacial score (nSPS) is 14.4. The topological polar surface area (TPSA) is 215 Å². The number of amides is 3. The number of rotatable bonds is 16. The maximum Gasteiger partial charge on any atom is 0.326 e. The molecule has 0 spiro atoms. The highest BCUT2D eigenvalue weighted by Gasteiger charge is 2.26. The van der Waals surface area contributed by atoms with Crippen molar-refractivity contribution >= 4 is 41.4 Å². The molecule has 0 saturated carbocycles. The van der Waals surface area contributed by atoms with Gasteiger partial charge in [0.05, 0.1) is 12.6 Å². The minimum atomic E-state index is -1.20. The van der Waals surface area contributed by atoms with Crippen LogP contribution in [0.3, 0.4) is 0 Å². The number of carboxylic acid groups (broad SMARTS) is 1. The van der Waals surface area contributed by atoms with Gasteiger partial charge in [-0.1, -0.05) is 20.3 Å². The van der Waals surface area contributed by atoms with Gasteiger partial charge in [0.15, 0.2) is 5.96 Å². The number of nitrogens with zero attached hydrogens (tertiary/aromatic N) is 1. The highest BCUT2D eigenvalue weighted by Crippen LogP contribution is 2.06. The molecular weight excluding hydrogens is 438 g/mol. The van der Waals surface area contributed by atoms with Crippen molar-refractivity contribution in [2.24, 2.45) is 28.1 Å². The molecule has 13 heteroatoms. The third-order valence-electron chi connectivity index (χ3n) is 4.81. The van der Waals surface area contributed by atoms with Crippen molar-refractivity contribution in [3.8, 4) is 0 Å². The SMILES string of the molecule is CCC(C)C(N)C(=O)NCC(=O)NC(CCSC)C(=O)NC(CCCN=C(N)N)C(=O)O. The lowest BCUT2D eigenvalue weighted by Crippen LogP contribution is -2.54. The largest absolute Gasteiger partial charge is 0.480 e. The van der Waals surface area contributed by atoms with Crippen LogP contribution in [0.25, 0.3) is 0 Å². The average molecular weight is 476 g/mol. The standard InChI is InChI=1S/C19H37N7O5S/c1-4-11(2)15(20)17(29)24-10-14(27)25-12(7-9-32-3)16(28)26-13(18(30)31)6-5-8-23-19(21)22/h11-13,15H,4-10,20H2,1-3H3,(H,24,29)(H,25,27)(H,26,28)(H,30,31)(H4,21,22,23). The zero-order valence-electron chi connectivity index (χ0n) is 18.9. The highest BCUT2D eigenvalue weighted by molar-refractivity contribution is 7.98. The second-order valence-corrected chi connectivity index (χ2v) is 8.36. The van der Waals surface area contributed by atoms with Crippen LogP contribution in [0.1, 0.15) is 39.5 Å². The lowest BCUT2D eigenvalue weighted by atomic mass is 9.99. The van der Waals surface area contributed by atoms with Crippen LogP contribution < -0.4 is 33.2 Å². The maximum absolute atomic E-state index is 12.6. The van der Waals surface area contributed by atoms with Crippen molar-refractivity contribution in [3.63, 3.8) is 0 Å². The van der Waals surface area contributed by atoms with Gasteiger partial charge in [-0.25, -0.2) is 4.79 Å². The summed E-state index contributed by atoms with van der Waals surface area (Å²) in [6, 6.07) is -2.84. The van der Waals surface area contributed by atoms with E-state index in [9.17, 15) is 24.3 Å². The quantitative estimate of drug-likeness (QED) is 0.0771. The van der Waals surface area contributed by atoms with Crippen LogP contribution in [0.15, 0.2) is 4.99 Å². The van der Waals surface area contributed by atoms with E-state index >= 15 is 0 Å². The molecule has 3 amide bonds. The molecule has 0 fully saturated rings. The number of aliphatic carboxylic acids is 1. The van der Waals surface area contributed by atoms with E-state index in [1.165, 1.54) is 11.8 Å². The Morgan fingerprint density at radius 3 is 2.25 bits per heavy atom. The number of guanidine groups is 1. The van der Waals surface area contributed by atoms with Gasteiger partial charge in [-0.05, 0) is 37.2 Å². The van der Waals surface area contributed by atoms with Crippen molar-refractivity contribution in [1.29, 1.82) is 0 Å². The van der Waals surface area contributed by atoms with Crippen molar-refractivity contribution in [3.05, 3.63) is 0 Å². The van der Waals surface area contributed by atoms with Crippen molar-refractivity contribution in [2.75, 3.05) is 25.1 Å². The number of hydrogen-bond donors (Lipinski definition) is 7. The maximum atomic E-state index is 12.6. The molecule has 0 aromatic rings. The minimum absolute atomic E-state index is 0.0434. The van der Waals surface area contributed by atoms with Gasteiger partial charge in [-0.15, -0.1) is 0 Å². The molecule has 0 aromatic heterocycles. The van der Waals surface area contributed by atoms with E-state index in [0.29, 0.717) is 25.0 Å². The summed E-state index contributed by atoms with van der Waals surface area (Å²) in [6.45, 7) is 3.63. The summed E-state index contributed by atoms with van der Waals surface area (Å²) in [4.78, 5) is 52.2. The van der Waals surface area contributed by atoms with Gasteiger partial charge in [0.1, 0.15) is 12.1 Å². The molecule has 4 unspecified atom stereocenters. The second kappa shape index (κ2) is 16.1. The zero-order chi connectivity index (χ0) is 24.7. The lowest BCUT2D eigenvalue weighted by Gasteiger charge is -2.22. The average Bonchev–Trinajstić information content (AvgIpc) is 2.75. The molecule has 0 saturated heterocycles. The molecule has 12 nitrogen and oxygen atoms in total. The summed E-state index contributed by atoms with van der Waals surface area (Å²) in [5, 5.41) is 16.8. The molecule has 0 rings (SSSR count). The second-order valence-electron chi connectivity index (χ2n) is 7.38. The first-order valence-electron chi connectivity index (χ1n) is 10.4. The molecular formula is C19H37N7O5S. The number of hydrogen-bond acceptors (Lipinski definition) is 7. The lowest BCUT2D eigenvalue weighted by molar-refractivity contribution is -0.142. The van der Waals surface area contributed by atoms with Gasteiger partial charge in [-0.3, -0.25) is 19.4 Å². The van der Waals surface area contributed by atoms with Gasteiger partial charge in [0.25, 0.3) is 0 Å². The van der Waals surface area contributed by atoms with E-state index in [2.05, 4.69) is 20.9 Å². The van der Waals surface area contributed by atoms with Gasteiger partial charge in [0, 0.05) is 6.54 Å². The number of thioether (sulfide) groups is 1. The Hall–Kier alpha value is -2.54. The molecule has 0 heterocycles. The molecule has 184 valence electrons. The number of nitrogens with one attached hydrogen (secondary N) is 3. The van der Waals surface area contributed by atoms with E-state index in [0.717, 1.165) is 0 Å². The zero-order valence-corrected chi connectivity index (χ0v) is 19.7. The van der Waals surface area contributed by atoms with E-state index in [1.54, 1.807) is 0 Å². The van der Waals surface area contributed by atoms with Gasteiger partial charge in [-0.2, -0.15) is 11.8 Å². The fourth-order valence-electron chi connectivity index (χ4n) is 2.58. The van der Waals surface area contributed by atoms with Crippen molar-refractivity contribution in [1.82, 2.24) is 16.0 Å². The Morgan fingerprint density at radius 1 is 1.06 bits per heavy atom. The highest BCUT2D eigenvalue weighted by atomic mass is 32.2. The number of nitrogens with two attached hydrogens (primary N) is 3. The molecule has 0 radical (unpaired) electrons. The molecule has 0 bridgehead atoms. The molecule has 0 aliphatic heterocycles. The van der Waals surface area contributed by atoms with Crippen molar-refractivity contribution in [2.45, 2.75) is 57.7 Å². The Morgan fingerprint density at radius 2 is 1.72 bits per heavy atom. The Kier molecular flexibility index (Phi) is 14.9. The smallest absolute Gasteiger partial charge is 0.326 e. The van der Waals surface area contributed by atoms with Crippen LogP contribution in [0, 0.1) is 5.92 Å². The summed E-state index contributed by atoms with van der Waals surface area (Å²) in [6.07, 6.45) is 3.31. The molecule has 0 aromatic carbocycles. The van der Waals surface area contributed by atoms with E-state index in [1.807, 2.05) is 20.1 Å². The van der Waals surface area contributed by atoms with Crippen LogP contribution in [-0.4, -0.2) is 78.0 Å². The molecule has 32 heavy (non-hydrogen) atoms. The van der Waals surface area contributed by atoms with Crippen molar-refractivity contribution < 1.29 is 24.3 Å². The Bertz CT molecular complexity index is 658. The van der Waals surface area contributed by atoms with Crippen LogP contribution in [0.5, 0.6) is 0 Å². The summed E-state index contributed by atoms with van der Waals surface area (Å²) < 4.78 is 0.